The Hall–Kier alpha value is -0.290. The molecule has 0 aromatic heterocycles. The molecule has 1 aliphatic rings. The summed E-state index contributed by atoms with van der Waals surface area (Å²) in [6.07, 6.45) is -4.09. The van der Waals surface area contributed by atoms with Crippen molar-refractivity contribution in [1.29, 1.82) is 0 Å². The van der Waals surface area contributed by atoms with Crippen LogP contribution < -0.4 is 5.32 Å². The zero-order valence-corrected chi connectivity index (χ0v) is 6.82. The summed E-state index contributed by atoms with van der Waals surface area (Å²) in [7, 11) is 1.42. The second kappa shape index (κ2) is 3.62. The van der Waals surface area contributed by atoms with E-state index in [0.29, 0.717) is 6.54 Å². The van der Waals surface area contributed by atoms with E-state index in [1.165, 1.54) is 7.11 Å². The van der Waals surface area contributed by atoms with Gasteiger partial charge in [0.25, 0.3) is 0 Å². The van der Waals surface area contributed by atoms with Crippen molar-refractivity contribution in [2.24, 2.45) is 11.8 Å². The maximum absolute atomic E-state index is 12.2. The van der Waals surface area contributed by atoms with Crippen LogP contribution in [0.2, 0.25) is 0 Å². The smallest absolute Gasteiger partial charge is 0.384 e. The summed E-state index contributed by atoms with van der Waals surface area (Å²) in [4.78, 5) is 0. The van der Waals surface area contributed by atoms with Crippen molar-refractivity contribution in [3.8, 4) is 0 Å². The van der Waals surface area contributed by atoms with Gasteiger partial charge in [-0.15, -0.1) is 0 Å². The molecule has 1 heterocycles. The Morgan fingerprint density at radius 2 is 2.08 bits per heavy atom. The third kappa shape index (κ3) is 2.10. The number of halogens is 3. The first-order valence-electron chi connectivity index (χ1n) is 3.82. The monoisotopic (exact) mass is 183 g/mol. The van der Waals surface area contributed by atoms with Crippen molar-refractivity contribution in [1.82, 2.24) is 5.32 Å². The maximum atomic E-state index is 12.2. The fraction of sp³-hybridized carbons (Fsp3) is 1.00. The first-order chi connectivity index (χ1) is 5.55. The molecule has 0 radical (unpaired) electrons. The van der Waals surface area contributed by atoms with Crippen LogP contribution in [0.4, 0.5) is 13.2 Å². The molecule has 0 aromatic rings. The van der Waals surface area contributed by atoms with Crippen molar-refractivity contribution in [2.45, 2.75) is 6.18 Å². The van der Waals surface area contributed by atoms with Crippen LogP contribution in [-0.2, 0) is 4.74 Å². The molecule has 1 aliphatic heterocycles. The van der Waals surface area contributed by atoms with E-state index < -0.39 is 18.0 Å². The van der Waals surface area contributed by atoms with Crippen LogP contribution >= 0.6 is 0 Å². The zero-order valence-electron chi connectivity index (χ0n) is 6.82. The van der Waals surface area contributed by atoms with Gasteiger partial charge in [0.2, 0.25) is 0 Å². The van der Waals surface area contributed by atoms with Gasteiger partial charge in [0.05, 0.1) is 12.5 Å². The molecule has 2 nitrogen and oxygen atoms in total. The summed E-state index contributed by atoms with van der Waals surface area (Å²) < 4.78 is 41.4. The van der Waals surface area contributed by atoms with Gasteiger partial charge in [0.15, 0.2) is 0 Å². The molecule has 1 fully saturated rings. The average Bonchev–Trinajstić information content (AvgIpc) is 2.34. The zero-order chi connectivity index (χ0) is 9.19. The van der Waals surface area contributed by atoms with Crippen molar-refractivity contribution >= 4 is 0 Å². The highest BCUT2D eigenvalue weighted by molar-refractivity contribution is 4.85. The molecule has 0 unspecified atom stereocenters. The molecule has 1 N–H and O–H groups in total. The molecular weight excluding hydrogens is 171 g/mol. The van der Waals surface area contributed by atoms with E-state index in [1.807, 2.05) is 0 Å². The molecule has 0 amide bonds. The molecule has 72 valence electrons. The lowest BCUT2D eigenvalue weighted by Crippen LogP contribution is -2.31. The predicted molar refractivity (Wildman–Crippen MR) is 37.8 cm³/mol. The van der Waals surface area contributed by atoms with E-state index in [2.05, 4.69) is 5.32 Å². The Bertz CT molecular complexity index is 148. The summed E-state index contributed by atoms with van der Waals surface area (Å²) in [5.41, 5.74) is 0. The normalized spacial score (nSPS) is 31.0. The van der Waals surface area contributed by atoms with Crippen molar-refractivity contribution < 1.29 is 17.9 Å². The molecule has 0 bridgehead atoms. The highest BCUT2D eigenvalue weighted by Crippen LogP contribution is 2.34. The van der Waals surface area contributed by atoms with Crippen LogP contribution in [0.5, 0.6) is 0 Å². The van der Waals surface area contributed by atoms with Gasteiger partial charge in [0.1, 0.15) is 0 Å². The minimum absolute atomic E-state index is 0.0253. The summed E-state index contributed by atoms with van der Waals surface area (Å²) in [6, 6.07) is 0. The summed E-state index contributed by atoms with van der Waals surface area (Å²) >= 11 is 0. The van der Waals surface area contributed by atoms with Crippen LogP contribution in [0.25, 0.3) is 0 Å². The van der Waals surface area contributed by atoms with E-state index in [-0.39, 0.29) is 13.2 Å². The molecule has 0 spiro atoms. The van der Waals surface area contributed by atoms with E-state index in [0.717, 1.165) is 0 Å². The van der Waals surface area contributed by atoms with E-state index in [1.54, 1.807) is 0 Å². The predicted octanol–water partition coefficient (Wildman–Crippen LogP) is 1.03. The maximum Gasteiger partial charge on any atom is 0.393 e. The van der Waals surface area contributed by atoms with Gasteiger partial charge < -0.3 is 10.1 Å². The second-order valence-electron chi connectivity index (χ2n) is 3.02. The quantitative estimate of drug-likeness (QED) is 0.690. The van der Waals surface area contributed by atoms with Gasteiger partial charge in [-0.3, -0.25) is 0 Å². The van der Waals surface area contributed by atoms with E-state index in [4.69, 9.17) is 4.74 Å². The summed E-state index contributed by atoms with van der Waals surface area (Å²) in [5, 5.41) is 2.71. The SMILES string of the molecule is COC[C@@H]1CNC[C@H]1C(F)(F)F. The van der Waals surface area contributed by atoms with Crippen molar-refractivity contribution in [3.63, 3.8) is 0 Å². The second-order valence-corrected chi connectivity index (χ2v) is 3.02. The Morgan fingerprint density at radius 3 is 2.58 bits per heavy atom. The van der Waals surface area contributed by atoms with Gasteiger partial charge in [0, 0.05) is 26.1 Å². The Kier molecular flexibility index (Phi) is 2.95. The number of hydrogen-bond acceptors (Lipinski definition) is 2. The lowest BCUT2D eigenvalue weighted by Gasteiger charge is -2.20. The molecule has 0 aliphatic carbocycles. The number of rotatable bonds is 2. The van der Waals surface area contributed by atoms with Crippen molar-refractivity contribution in [3.05, 3.63) is 0 Å². The van der Waals surface area contributed by atoms with E-state index in [9.17, 15) is 13.2 Å². The molecular formula is C7H12F3NO. The van der Waals surface area contributed by atoms with Crippen LogP contribution in [-0.4, -0.2) is 33.0 Å². The van der Waals surface area contributed by atoms with Gasteiger partial charge in [-0.2, -0.15) is 13.2 Å². The summed E-state index contributed by atoms with van der Waals surface area (Å²) in [5.74, 6) is -1.66. The van der Waals surface area contributed by atoms with Crippen LogP contribution in [0.1, 0.15) is 0 Å². The standard InChI is InChI=1S/C7H12F3NO/c1-12-4-5-2-11-3-6(5)7(8,9)10/h5-6,11H,2-4H2,1H3/t5-,6+/m0/s1. The number of hydrogen-bond donors (Lipinski definition) is 1. The van der Waals surface area contributed by atoms with Gasteiger partial charge >= 0.3 is 6.18 Å². The molecule has 12 heavy (non-hydrogen) atoms. The number of nitrogens with one attached hydrogen (secondary N) is 1. The number of methoxy groups -OCH3 is 1. The molecule has 5 heteroatoms. The van der Waals surface area contributed by atoms with Crippen LogP contribution in [0.3, 0.4) is 0 Å². The van der Waals surface area contributed by atoms with Gasteiger partial charge in [-0.1, -0.05) is 0 Å². The van der Waals surface area contributed by atoms with Gasteiger partial charge in [-0.05, 0) is 0 Å². The van der Waals surface area contributed by atoms with Gasteiger partial charge in [-0.25, -0.2) is 0 Å². The molecule has 2 atom stereocenters. The Labute approximate surface area is 69.1 Å². The number of alkyl halides is 3. The molecule has 0 saturated carbocycles. The summed E-state index contributed by atoms with van der Waals surface area (Å²) in [6.45, 7) is 0.604. The number of ether oxygens (including phenoxy) is 1. The van der Waals surface area contributed by atoms with Crippen molar-refractivity contribution in [2.75, 3.05) is 26.8 Å². The fourth-order valence-corrected chi connectivity index (χ4v) is 1.51. The minimum Gasteiger partial charge on any atom is -0.384 e. The topological polar surface area (TPSA) is 21.3 Å². The van der Waals surface area contributed by atoms with Crippen LogP contribution in [0.15, 0.2) is 0 Å². The molecule has 0 aromatic carbocycles. The lowest BCUT2D eigenvalue weighted by molar-refractivity contribution is -0.182. The third-order valence-corrected chi connectivity index (χ3v) is 2.14. The average molecular weight is 183 g/mol. The molecule has 1 saturated heterocycles. The first-order valence-corrected chi connectivity index (χ1v) is 3.82. The lowest BCUT2D eigenvalue weighted by atomic mass is 9.96. The van der Waals surface area contributed by atoms with Crippen LogP contribution in [0, 0.1) is 11.8 Å². The largest absolute Gasteiger partial charge is 0.393 e. The highest BCUT2D eigenvalue weighted by atomic mass is 19.4. The third-order valence-electron chi connectivity index (χ3n) is 2.14. The van der Waals surface area contributed by atoms with E-state index >= 15 is 0 Å². The fourth-order valence-electron chi connectivity index (χ4n) is 1.51. The Balaban J connectivity index is 2.52. The highest BCUT2D eigenvalue weighted by Gasteiger charge is 2.46. The molecule has 1 rings (SSSR count). The Morgan fingerprint density at radius 1 is 1.42 bits per heavy atom. The minimum atomic E-state index is -4.09. The first kappa shape index (κ1) is 9.80.